The largest absolute Gasteiger partial charge is 0.0995 e. The van der Waals surface area contributed by atoms with Crippen LogP contribution in [0.15, 0.2) is 35.5 Å². The van der Waals surface area contributed by atoms with Gasteiger partial charge in [-0.15, -0.1) is 0 Å². The quantitative estimate of drug-likeness (QED) is 0.196. The zero-order valence-corrected chi connectivity index (χ0v) is 23.7. The third-order valence-electron chi connectivity index (χ3n) is 9.42. The minimum atomic E-state index is 0.262. The van der Waals surface area contributed by atoms with Crippen LogP contribution in [0.2, 0.25) is 0 Å². The van der Waals surface area contributed by atoms with Crippen molar-refractivity contribution in [3.8, 4) is 0 Å². The highest BCUT2D eigenvalue weighted by Crippen LogP contribution is 2.48. The maximum atomic E-state index is 4.42. The van der Waals surface area contributed by atoms with Gasteiger partial charge < -0.3 is 0 Å². The molecule has 5 unspecified atom stereocenters. The van der Waals surface area contributed by atoms with E-state index in [1.54, 1.807) is 11.1 Å². The van der Waals surface area contributed by atoms with Crippen LogP contribution in [0.4, 0.5) is 0 Å². The van der Waals surface area contributed by atoms with E-state index in [0.29, 0.717) is 23.7 Å². The Morgan fingerprint density at radius 1 is 0.969 bits per heavy atom. The van der Waals surface area contributed by atoms with E-state index in [1.165, 1.54) is 56.9 Å². The van der Waals surface area contributed by atoms with Crippen molar-refractivity contribution in [1.82, 2.24) is 0 Å². The molecular formula is C32H58. The second-order valence-electron chi connectivity index (χ2n) is 11.6. The standard InChI is InChI=1S/C32H58/c1-12-19-27(13-2)25(9)26(10)31(30(15-4)29(14-3)23(5)6)22-32(11,24(7)8)28-20-17-16-18-21-28/h15,22,24-29H,5,12-14,16-21H2,1-4,6-11H3/b30-15+,31-22+. The van der Waals surface area contributed by atoms with Gasteiger partial charge in [0.25, 0.3) is 0 Å². The summed E-state index contributed by atoms with van der Waals surface area (Å²) in [5.74, 6) is 4.02. The van der Waals surface area contributed by atoms with Crippen LogP contribution in [-0.4, -0.2) is 0 Å². The van der Waals surface area contributed by atoms with E-state index in [0.717, 1.165) is 18.3 Å². The summed E-state index contributed by atoms with van der Waals surface area (Å²) < 4.78 is 0. The number of hydrogen-bond acceptors (Lipinski definition) is 0. The highest BCUT2D eigenvalue weighted by atomic mass is 14.4. The second-order valence-corrected chi connectivity index (χ2v) is 11.6. The fourth-order valence-corrected chi connectivity index (χ4v) is 6.60. The van der Waals surface area contributed by atoms with E-state index in [2.05, 4.69) is 88.0 Å². The minimum absolute atomic E-state index is 0.262. The fourth-order valence-electron chi connectivity index (χ4n) is 6.60. The summed E-state index contributed by atoms with van der Waals surface area (Å²) in [6.45, 7) is 28.6. The molecule has 1 fully saturated rings. The van der Waals surface area contributed by atoms with Crippen LogP contribution in [0.1, 0.15) is 127 Å². The lowest BCUT2D eigenvalue weighted by molar-refractivity contribution is 0.131. The van der Waals surface area contributed by atoms with Gasteiger partial charge in [-0.1, -0.05) is 118 Å². The van der Waals surface area contributed by atoms with Gasteiger partial charge in [0.2, 0.25) is 0 Å². The van der Waals surface area contributed by atoms with Crippen LogP contribution in [0.3, 0.4) is 0 Å². The first kappa shape index (κ1) is 29.3. The topological polar surface area (TPSA) is 0 Å². The molecule has 0 saturated heterocycles. The Morgan fingerprint density at radius 2 is 1.56 bits per heavy atom. The zero-order chi connectivity index (χ0) is 24.5. The van der Waals surface area contributed by atoms with Crippen LogP contribution >= 0.6 is 0 Å². The van der Waals surface area contributed by atoms with E-state index in [-0.39, 0.29) is 5.41 Å². The Kier molecular flexibility index (Phi) is 12.6. The molecule has 0 spiro atoms. The molecule has 0 N–H and O–H groups in total. The van der Waals surface area contributed by atoms with Gasteiger partial charge in [-0.2, -0.15) is 0 Å². The maximum Gasteiger partial charge on any atom is 0.00395 e. The molecule has 0 aliphatic heterocycles. The van der Waals surface area contributed by atoms with E-state index >= 15 is 0 Å². The summed E-state index contributed by atoms with van der Waals surface area (Å²) in [6, 6.07) is 0. The van der Waals surface area contributed by atoms with Crippen molar-refractivity contribution in [2.45, 2.75) is 127 Å². The highest BCUT2D eigenvalue weighted by Gasteiger charge is 2.38. The summed E-state index contributed by atoms with van der Waals surface area (Å²) in [5, 5.41) is 0. The average Bonchev–Trinajstić information content (AvgIpc) is 2.78. The third-order valence-corrected chi connectivity index (χ3v) is 9.42. The van der Waals surface area contributed by atoms with E-state index < -0.39 is 0 Å². The van der Waals surface area contributed by atoms with Crippen LogP contribution in [-0.2, 0) is 0 Å². The third kappa shape index (κ3) is 7.11. The molecule has 5 atom stereocenters. The molecule has 0 bridgehead atoms. The lowest BCUT2D eigenvalue weighted by Gasteiger charge is -2.43. The molecule has 0 aromatic rings. The first-order chi connectivity index (χ1) is 15.1. The van der Waals surface area contributed by atoms with Crippen LogP contribution in [0.5, 0.6) is 0 Å². The lowest BCUT2D eigenvalue weighted by Crippen LogP contribution is -2.34. The summed E-state index contributed by atoms with van der Waals surface area (Å²) >= 11 is 0. The molecule has 1 aliphatic carbocycles. The van der Waals surface area contributed by atoms with Gasteiger partial charge in [-0.25, -0.2) is 0 Å². The van der Waals surface area contributed by atoms with E-state index in [1.807, 2.05) is 0 Å². The molecule has 0 aromatic heterocycles. The van der Waals surface area contributed by atoms with Crippen molar-refractivity contribution in [1.29, 1.82) is 0 Å². The first-order valence-corrected chi connectivity index (χ1v) is 14.1. The smallest absolute Gasteiger partial charge is 0.00395 e. The molecule has 0 amide bonds. The Balaban J connectivity index is 3.63. The molecule has 0 heteroatoms. The summed E-state index contributed by atoms with van der Waals surface area (Å²) in [6.07, 6.45) is 17.4. The van der Waals surface area contributed by atoms with Gasteiger partial charge in [0, 0.05) is 5.92 Å². The average molecular weight is 443 g/mol. The molecule has 0 radical (unpaired) electrons. The summed E-state index contributed by atoms with van der Waals surface area (Å²) in [5.41, 5.74) is 4.79. The molecule has 0 heterocycles. The van der Waals surface area contributed by atoms with Crippen LogP contribution < -0.4 is 0 Å². The van der Waals surface area contributed by atoms with Crippen molar-refractivity contribution in [2.24, 2.45) is 40.9 Å². The van der Waals surface area contributed by atoms with E-state index in [4.69, 9.17) is 0 Å². The van der Waals surface area contributed by atoms with Crippen molar-refractivity contribution in [3.05, 3.63) is 35.5 Å². The fraction of sp³-hybridized carbons (Fsp3) is 0.812. The van der Waals surface area contributed by atoms with E-state index in [9.17, 15) is 0 Å². The number of allylic oxidation sites excluding steroid dienone is 5. The van der Waals surface area contributed by atoms with Crippen molar-refractivity contribution < 1.29 is 0 Å². The first-order valence-electron chi connectivity index (χ1n) is 14.1. The Hall–Kier alpha value is -0.780. The predicted molar refractivity (Wildman–Crippen MR) is 147 cm³/mol. The molecule has 186 valence electrons. The molecule has 1 rings (SSSR count). The zero-order valence-electron chi connectivity index (χ0n) is 23.7. The minimum Gasteiger partial charge on any atom is -0.0995 e. The van der Waals surface area contributed by atoms with Gasteiger partial charge in [0.1, 0.15) is 0 Å². The lowest BCUT2D eigenvalue weighted by atomic mass is 9.61. The second kappa shape index (κ2) is 13.8. The summed E-state index contributed by atoms with van der Waals surface area (Å²) in [7, 11) is 0. The Morgan fingerprint density at radius 3 is 1.97 bits per heavy atom. The molecule has 0 aromatic carbocycles. The highest BCUT2D eigenvalue weighted by molar-refractivity contribution is 5.40. The molecular weight excluding hydrogens is 384 g/mol. The van der Waals surface area contributed by atoms with Crippen molar-refractivity contribution >= 4 is 0 Å². The maximum absolute atomic E-state index is 4.42. The molecule has 1 aliphatic rings. The molecule has 1 saturated carbocycles. The van der Waals surface area contributed by atoms with Gasteiger partial charge in [-0.3, -0.25) is 0 Å². The van der Waals surface area contributed by atoms with Crippen molar-refractivity contribution in [2.75, 3.05) is 0 Å². The van der Waals surface area contributed by atoms with Crippen LogP contribution in [0.25, 0.3) is 0 Å². The van der Waals surface area contributed by atoms with Crippen molar-refractivity contribution in [3.63, 3.8) is 0 Å². The Bertz CT molecular complexity index is 612. The number of hydrogen-bond donors (Lipinski definition) is 0. The SMILES string of the molecule is C=C(C)C(CC)C(=C\C)/C(=C/C(C)(C(C)C)C1CCCCC1)C(C)C(C)C(CC)CCC. The van der Waals surface area contributed by atoms with Gasteiger partial charge in [0.05, 0.1) is 0 Å². The van der Waals surface area contributed by atoms with Gasteiger partial charge in [-0.05, 0) is 79.3 Å². The molecule has 0 nitrogen and oxygen atoms in total. The predicted octanol–water partition coefficient (Wildman–Crippen LogP) is 10.8. The van der Waals surface area contributed by atoms with Crippen LogP contribution in [0, 0.1) is 40.9 Å². The monoisotopic (exact) mass is 442 g/mol. The normalized spacial score (nSPS) is 22.3. The van der Waals surface area contributed by atoms with Gasteiger partial charge >= 0.3 is 0 Å². The Labute approximate surface area is 203 Å². The van der Waals surface area contributed by atoms with Gasteiger partial charge in [0.15, 0.2) is 0 Å². The number of rotatable bonds is 13. The summed E-state index contributed by atoms with van der Waals surface area (Å²) in [4.78, 5) is 0. The molecule has 32 heavy (non-hydrogen) atoms.